The molecule has 1 aromatic heterocycles. The molecule has 0 amide bonds. The van der Waals surface area contributed by atoms with Crippen LogP contribution in [0.5, 0.6) is 0 Å². The molecule has 0 saturated carbocycles. The van der Waals surface area contributed by atoms with Gasteiger partial charge in [0.15, 0.2) is 0 Å². The molecule has 110 valence electrons. The Hall–Kier alpha value is -1.14. The highest BCUT2D eigenvalue weighted by Crippen LogP contribution is 2.31. The smallest absolute Gasteiger partial charge is 0.344 e. The largest absolute Gasteiger partial charge is 0.441 e. The lowest BCUT2D eigenvalue weighted by Crippen LogP contribution is -2.08. The van der Waals surface area contributed by atoms with Crippen LogP contribution in [0.1, 0.15) is 16.8 Å². The third kappa shape index (κ3) is 3.12. The topological polar surface area (TPSA) is 30.9 Å². The SMILES string of the molecule is Cc1c(C)n(CCSC(F)(F)F)c2ccc(CN)cc12. The number of alkyl halides is 3. The number of hydrogen-bond donors (Lipinski definition) is 1. The van der Waals surface area contributed by atoms with Crippen LogP contribution in [0.3, 0.4) is 0 Å². The molecular formula is C14H17F3N2S. The van der Waals surface area contributed by atoms with E-state index in [4.69, 9.17) is 5.73 Å². The number of hydrogen-bond acceptors (Lipinski definition) is 2. The summed E-state index contributed by atoms with van der Waals surface area (Å²) in [5.74, 6) is 0.0200. The standard InChI is InChI=1S/C14H17F3N2S/c1-9-10(2)19(5-6-20-14(15,16)17)13-4-3-11(8-18)7-12(9)13/h3-4,7H,5-6,8,18H2,1-2H3. The van der Waals surface area contributed by atoms with Crippen molar-refractivity contribution in [3.63, 3.8) is 0 Å². The van der Waals surface area contributed by atoms with E-state index in [2.05, 4.69) is 0 Å². The van der Waals surface area contributed by atoms with Gasteiger partial charge < -0.3 is 10.3 Å². The summed E-state index contributed by atoms with van der Waals surface area (Å²) in [6.07, 6.45) is 0. The molecule has 1 aromatic carbocycles. The summed E-state index contributed by atoms with van der Waals surface area (Å²) >= 11 is 0.0217. The van der Waals surface area contributed by atoms with Crippen LogP contribution in [0.15, 0.2) is 18.2 Å². The molecular weight excluding hydrogens is 285 g/mol. The molecule has 2 nitrogen and oxygen atoms in total. The van der Waals surface area contributed by atoms with Gasteiger partial charge in [-0.05, 0) is 48.9 Å². The van der Waals surface area contributed by atoms with Gasteiger partial charge in [0, 0.05) is 35.4 Å². The van der Waals surface area contributed by atoms with Crippen molar-refractivity contribution in [3.8, 4) is 0 Å². The highest BCUT2D eigenvalue weighted by molar-refractivity contribution is 8.00. The first-order chi connectivity index (χ1) is 9.33. The zero-order valence-electron chi connectivity index (χ0n) is 11.4. The monoisotopic (exact) mass is 302 g/mol. The van der Waals surface area contributed by atoms with E-state index in [0.717, 1.165) is 27.7 Å². The van der Waals surface area contributed by atoms with E-state index in [1.807, 2.05) is 36.6 Å². The van der Waals surface area contributed by atoms with E-state index in [9.17, 15) is 13.2 Å². The van der Waals surface area contributed by atoms with Crippen molar-refractivity contribution in [1.82, 2.24) is 4.57 Å². The Morgan fingerprint density at radius 1 is 1.25 bits per heavy atom. The van der Waals surface area contributed by atoms with Crippen LogP contribution in [0.25, 0.3) is 10.9 Å². The normalized spacial score (nSPS) is 12.3. The molecule has 6 heteroatoms. The molecule has 0 radical (unpaired) electrons. The summed E-state index contributed by atoms with van der Waals surface area (Å²) < 4.78 is 38.6. The molecule has 2 N–H and O–H groups in total. The van der Waals surface area contributed by atoms with Crippen molar-refractivity contribution in [2.45, 2.75) is 32.4 Å². The van der Waals surface area contributed by atoms with Crippen LogP contribution in [-0.2, 0) is 13.1 Å². The summed E-state index contributed by atoms with van der Waals surface area (Å²) in [6.45, 7) is 4.74. The number of rotatable bonds is 4. The lowest BCUT2D eigenvalue weighted by Gasteiger charge is -2.10. The molecule has 0 unspecified atom stereocenters. The van der Waals surface area contributed by atoms with Crippen molar-refractivity contribution in [2.75, 3.05) is 5.75 Å². The van der Waals surface area contributed by atoms with Gasteiger partial charge in [-0.15, -0.1) is 0 Å². The van der Waals surface area contributed by atoms with Gasteiger partial charge in [-0.25, -0.2) is 0 Å². The molecule has 0 aliphatic rings. The molecule has 0 spiro atoms. The lowest BCUT2D eigenvalue weighted by atomic mass is 10.1. The molecule has 1 heterocycles. The van der Waals surface area contributed by atoms with Gasteiger partial charge >= 0.3 is 5.51 Å². The van der Waals surface area contributed by atoms with E-state index >= 15 is 0 Å². The molecule has 0 fully saturated rings. The van der Waals surface area contributed by atoms with Gasteiger partial charge in [-0.1, -0.05) is 6.07 Å². The minimum Gasteiger partial charge on any atom is -0.344 e. The average Bonchev–Trinajstić information content (AvgIpc) is 2.62. The number of nitrogens with two attached hydrogens (primary N) is 1. The van der Waals surface area contributed by atoms with Crippen molar-refractivity contribution in [3.05, 3.63) is 35.0 Å². The van der Waals surface area contributed by atoms with Gasteiger partial charge in [0.2, 0.25) is 0 Å². The highest BCUT2D eigenvalue weighted by atomic mass is 32.2. The number of aromatic nitrogens is 1. The Kier molecular flexibility index (Phi) is 4.34. The fourth-order valence-electron chi connectivity index (χ4n) is 2.36. The zero-order chi connectivity index (χ0) is 14.9. The Balaban J connectivity index is 2.31. The molecule has 0 aliphatic carbocycles. The summed E-state index contributed by atoms with van der Waals surface area (Å²) in [4.78, 5) is 0. The van der Waals surface area contributed by atoms with Crippen LogP contribution in [0.4, 0.5) is 13.2 Å². The number of benzene rings is 1. The van der Waals surface area contributed by atoms with Gasteiger partial charge in [0.1, 0.15) is 0 Å². The zero-order valence-corrected chi connectivity index (χ0v) is 12.2. The molecule has 0 bridgehead atoms. The molecule has 0 atom stereocenters. The first-order valence-electron chi connectivity index (χ1n) is 6.32. The quantitative estimate of drug-likeness (QED) is 0.926. The maximum absolute atomic E-state index is 12.2. The second-order valence-corrected chi connectivity index (χ2v) is 5.87. The fraction of sp³-hybridized carbons (Fsp3) is 0.429. The second-order valence-electron chi connectivity index (χ2n) is 4.71. The van der Waals surface area contributed by atoms with Gasteiger partial charge in [-0.3, -0.25) is 0 Å². The van der Waals surface area contributed by atoms with Crippen LogP contribution >= 0.6 is 11.8 Å². The third-order valence-corrected chi connectivity index (χ3v) is 4.23. The number of nitrogens with zero attached hydrogens (tertiary/aromatic N) is 1. The fourth-order valence-corrected chi connectivity index (χ4v) is 2.87. The van der Waals surface area contributed by atoms with Crippen LogP contribution in [-0.4, -0.2) is 15.8 Å². The predicted molar refractivity (Wildman–Crippen MR) is 77.8 cm³/mol. The van der Waals surface area contributed by atoms with Crippen LogP contribution in [0.2, 0.25) is 0 Å². The van der Waals surface area contributed by atoms with E-state index < -0.39 is 5.51 Å². The summed E-state index contributed by atoms with van der Waals surface area (Å²) in [7, 11) is 0. The van der Waals surface area contributed by atoms with Crippen molar-refractivity contribution >= 4 is 22.7 Å². The van der Waals surface area contributed by atoms with E-state index in [0.29, 0.717) is 13.1 Å². The first kappa shape index (κ1) is 15.3. The van der Waals surface area contributed by atoms with E-state index in [1.165, 1.54) is 0 Å². The highest BCUT2D eigenvalue weighted by Gasteiger charge is 2.27. The Morgan fingerprint density at radius 2 is 1.95 bits per heavy atom. The third-order valence-electron chi connectivity index (χ3n) is 3.52. The molecule has 20 heavy (non-hydrogen) atoms. The second kappa shape index (κ2) is 5.69. The molecule has 0 aliphatic heterocycles. The minimum atomic E-state index is -4.17. The van der Waals surface area contributed by atoms with Crippen molar-refractivity contribution < 1.29 is 13.2 Å². The Bertz CT molecular complexity index is 617. The van der Waals surface area contributed by atoms with Gasteiger partial charge in [-0.2, -0.15) is 13.2 Å². The average molecular weight is 302 g/mol. The maximum atomic E-state index is 12.2. The minimum absolute atomic E-state index is 0.0200. The predicted octanol–water partition coefficient (Wildman–Crippen LogP) is 3.97. The molecule has 2 aromatic rings. The summed E-state index contributed by atoms with van der Waals surface area (Å²) in [5.41, 5.74) is 5.58. The lowest BCUT2D eigenvalue weighted by molar-refractivity contribution is -0.0328. The first-order valence-corrected chi connectivity index (χ1v) is 7.31. The van der Waals surface area contributed by atoms with Crippen molar-refractivity contribution in [1.29, 1.82) is 0 Å². The molecule has 0 saturated heterocycles. The van der Waals surface area contributed by atoms with E-state index in [-0.39, 0.29) is 17.5 Å². The number of aryl methyl sites for hydroxylation is 2. The number of halogens is 3. The summed E-state index contributed by atoms with van der Waals surface area (Å²) in [6, 6.07) is 5.88. The van der Waals surface area contributed by atoms with Gasteiger partial charge in [0.25, 0.3) is 0 Å². The number of fused-ring (bicyclic) bond motifs is 1. The molecule has 2 rings (SSSR count). The Labute approximate surface area is 120 Å². The van der Waals surface area contributed by atoms with Crippen molar-refractivity contribution in [2.24, 2.45) is 5.73 Å². The van der Waals surface area contributed by atoms with Gasteiger partial charge in [0.05, 0.1) is 0 Å². The Morgan fingerprint density at radius 3 is 2.55 bits per heavy atom. The number of thioether (sulfide) groups is 1. The van der Waals surface area contributed by atoms with E-state index in [1.54, 1.807) is 0 Å². The maximum Gasteiger partial charge on any atom is 0.441 e. The van der Waals surface area contributed by atoms with Crippen LogP contribution < -0.4 is 5.73 Å². The summed E-state index contributed by atoms with van der Waals surface area (Å²) in [5, 5.41) is 1.07. The van der Waals surface area contributed by atoms with Crippen LogP contribution in [0, 0.1) is 13.8 Å².